The van der Waals surface area contributed by atoms with Crippen molar-refractivity contribution in [2.75, 3.05) is 26.4 Å². The van der Waals surface area contributed by atoms with Crippen molar-refractivity contribution >= 4 is 0 Å². The largest absolute Gasteiger partial charge is 0.392 e. The lowest BCUT2D eigenvalue weighted by atomic mass is 9.99. The van der Waals surface area contributed by atoms with E-state index in [9.17, 15) is 5.11 Å². The van der Waals surface area contributed by atoms with Crippen molar-refractivity contribution in [3.8, 4) is 0 Å². The first-order valence-electron chi connectivity index (χ1n) is 4.95. The van der Waals surface area contributed by atoms with Crippen LogP contribution in [-0.4, -0.2) is 42.5 Å². The van der Waals surface area contributed by atoms with Gasteiger partial charge in [-0.05, 0) is 11.8 Å². The summed E-state index contributed by atoms with van der Waals surface area (Å²) in [5.41, 5.74) is 0.234. The molecule has 0 amide bonds. The molecule has 0 radical (unpaired) electrons. The predicted octanol–water partition coefficient (Wildman–Crippen LogP) is 1.07. The number of hydrogen-bond donors (Lipinski definition) is 1. The zero-order valence-corrected chi connectivity index (χ0v) is 8.92. The maximum absolute atomic E-state index is 9.26. The Morgan fingerprint density at radius 3 is 2.62 bits per heavy atom. The highest BCUT2D eigenvalue weighted by Gasteiger charge is 2.20. The van der Waals surface area contributed by atoms with Crippen LogP contribution in [0.15, 0.2) is 0 Å². The predicted molar refractivity (Wildman–Crippen MR) is 52.5 cm³/mol. The van der Waals surface area contributed by atoms with Gasteiger partial charge in [0.25, 0.3) is 0 Å². The highest BCUT2D eigenvalue weighted by Crippen LogP contribution is 2.14. The van der Waals surface area contributed by atoms with Gasteiger partial charge in [-0.1, -0.05) is 20.8 Å². The Labute approximate surface area is 80.7 Å². The SMILES string of the molecule is CC(C)(C)COCN1CCC(O)C1. The molecule has 1 rings (SSSR count). The van der Waals surface area contributed by atoms with E-state index in [1.165, 1.54) is 0 Å². The van der Waals surface area contributed by atoms with Crippen LogP contribution in [0.3, 0.4) is 0 Å². The molecule has 1 aliphatic rings. The monoisotopic (exact) mass is 187 g/mol. The molecule has 1 heterocycles. The molecule has 1 aliphatic heterocycles. The molecule has 1 fully saturated rings. The van der Waals surface area contributed by atoms with Crippen molar-refractivity contribution in [3.63, 3.8) is 0 Å². The van der Waals surface area contributed by atoms with E-state index in [1.54, 1.807) is 0 Å². The van der Waals surface area contributed by atoms with E-state index in [-0.39, 0.29) is 11.5 Å². The van der Waals surface area contributed by atoms with Gasteiger partial charge in [-0.3, -0.25) is 4.90 Å². The van der Waals surface area contributed by atoms with Crippen LogP contribution in [0.4, 0.5) is 0 Å². The summed E-state index contributed by atoms with van der Waals surface area (Å²) in [5.74, 6) is 0. The Morgan fingerprint density at radius 1 is 1.46 bits per heavy atom. The zero-order valence-electron chi connectivity index (χ0n) is 8.92. The van der Waals surface area contributed by atoms with Crippen LogP contribution < -0.4 is 0 Å². The van der Waals surface area contributed by atoms with Gasteiger partial charge in [-0.2, -0.15) is 0 Å². The van der Waals surface area contributed by atoms with Crippen molar-refractivity contribution in [2.24, 2.45) is 5.41 Å². The standard InChI is InChI=1S/C10H21NO2/c1-10(2,3)7-13-8-11-5-4-9(12)6-11/h9,12H,4-8H2,1-3H3. The number of aliphatic hydroxyl groups is 1. The van der Waals surface area contributed by atoms with Crippen molar-refractivity contribution in [1.29, 1.82) is 0 Å². The van der Waals surface area contributed by atoms with E-state index in [1.807, 2.05) is 0 Å². The molecular weight excluding hydrogens is 166 g/mol. The summed E-state index contributed by atoms with van der Waals surface area (Å²) in [4.78, 5) is 2.15. The quantitative estimate of drug-likeness (QED) is 0.717. The number of likely N-dealkylation sites (tertiary alicyclic amines) is 1. The van der Waals surface area contributed by atoms with Crippen LogP contribution in [0.5, 0.6) is 0 Å². The summed E-state index contributed by atoms with van der Waals surface area (Å²) in [7, 11) is 0. The van der Waals surface area contributed by atoms with E-state index in [0.717, 1.165) is 26.1 Å². The first kappa shape index (κ1) is 11.0. The molecule has 3 nitrogen and oxygen atoms in total. The molecule has 1 saturated heterocycles. The third-order valence-corrected chi connectivity index (χ3v) is 2.06. The van der Waals surface area contributed by atoms with Crippen LogP contribution in [-0.2, 0) is 4.74 Å². The minimum Gasteiger partial charge on any atom is -0.392 e. The molecule has 0 bridgehead atoms. The lowest BCUT2D eigenvalue weighted by Crippen LogP contribution is -2.27. The van der Waals surface area contributed by atoms with E-state index < -0.39 is 0 Å². The molecule has 3 heteroatoms. The molecule has 0 aromatic heterocycles. The minimum atomic E-state index is -0.141. The number of aliphatic hydroxyl groups excluding tert-OH is 1. The summed E-state index contributed by atoms with van der Waals surface area (Å²) < 4.78 is 5.55. The summed E-state index contributed by atoms with van der Waals surface area (Å²) >= 11 is 0. The summed E-state index contributed by atoms with van der Waals surface area (Å²) in [6, 6.07) is 0. The Bertz CT molecular complexity index is 153. The third kappa shape index (κ3) is 4.60. The van der Waals surface area contributed by atoms with Crippen LogP contribution in [0.2, 0.25) is 0 Å². The van der Waals surface area contributed by atoms with Gasteiger partial charge >= 0.3 is 0 Å². The van der Waals surface area contributed by atoms with E-state index >= 15 is 0 Å². The fourth-order valence-corrected chi connectivity index (χ4v) is 1.41. The molecule has 0 saturated carbocycles. The highest BCUT2D eigenvalue weighted by atomic mass is 16.5. The molecule has 0 spiro atoms. The van der Waals surface area contributed by atoms with E-state index in [0.29, 0.717) is 6.73 Å². The summed E-state index contributed by atoms with van der Waals surface area (Å²) in [6.07, 6.45) is 0.747. The average molecular weight is 187 g/mol. The maximum atomic E-state index is 9.26. The number of β-amino-alcohol motifs (C(OH)–C–C–N with tert-alkyl or cyclic N) is 1. The molecule has 13 heavy (non-hydrogen) atoms. The van der Waals surface area contributed by atoms with Gasteiger partial charge in [0, 0.05) is 13.1 Å². The maximum Gasteiger partial charge on any atom is 0.0991 e. The Morgan fingerprint density at radius 2 is 2.15 bits per heavy atom. The molecule has 1 atom stereocenters. The van der Waals surface area contributed by atoms with Crippen LogP contribution in [0.25, 0.3) is 0 Å². The number of nitrogens with zero attached hydrogens (tertiary/aromatic N) is 1. The summed E-state index contributed by atoms with van der Waals surface area (Å²) in [6.45, 7) is 9.65. The third-order valence-electron chi connectivity index (χ3n) is 2.06. The fourth-order valence-electron chi connectivity index (χ4n) is 1.41. The van der Waals surface area contributed by atoms with Crippen molar-refractivity contribution < 1.29 is 9.84 Å². The van der Waals surface area contributed by atoms with Crippen LogP contribution >= 0.6 is 0 Å². The smallest absolute Gasteiger partial charge is 0.0991 e. The van der Waals surface area contributed by atoms with Crippen molar-refractivity contribution in [3.05, 3.63) is 0 Å². The molecule has 0 aromatic rings. The zero-order chi connectivity index (χ0) is 9.90. The number of rotatable bonds is 3. The van der Waals surface area contributed by atoms with Gasteiger partial charge in [0.2, 0.25) is 0 Å². The van der Waals surface area contributed by atoms with E-state index in [4.69, 9.17) is 4.74 Å². The van der Waals surface area contributed by atoms with Crippen molar-refractivity contribution in [2.45, 2.75) is 33.3 Å². The Balaban J connectivity index is 2.07. The second-order valence-electron chi connectivity index (χ2n) is 5.06. The Hall–Kier alpha value is -0.120. The van der Waals surface area contributed by atoms with Crippen LogP contribution in [0.1, 0.15) is 27.2 Å². The van der Waals surface area contributed by atoms with Gasteiger partial charge in [0.15, 0.2) is 0 Å². The molecule has 1 N–H and O–H groups in total. The number of hydrogen-bond acceptors (Lipinski definition) is 3. The van der Waals surface area contributed by atoms with Crippen LogP contribution in [0, 0.1) is 5.41 Å². The topological polar surface area (TPSA) is 32.7 Å². The van der Waals surface area contributed by atoms with Gasteiger partial charge in [-0.25, -0.2) is 0 Å². The Kier molecular flexibility index (Phi) is 3.71. The van der Waals surface area contributed by atoms with Crippen molar-refractivity contribution in [1.82, 2.24) is 4.90 Å². The minimum absolute atomic E-state index is 0.141. The molecule has 0 aliphatic carbocycles. The fraction of sp³-hybridized carbons (Fsp3) is 1.00. The normalized spacial score (nSPS) is 25.4. The lowest BCUT2D eigenvalue weighted by molar-refractivity contribution is 0.000289. The first-order valence-corrected chi connectivity index (χ1v) is 4.95. The molecule has 0 aromatic carbocycles. The van der Waals surface area contributed by atoms with Gasteiger partial charge in [0.1, 0.15) is 0 Å². The second-order valence-corrected chi connectivity index (χ2v) is 5.06. The lowest BCUT2D eigenvalue weighted by Gasteiger charge is -2.21. The molecular formula is C10H21NO2. The first-order chi connectivity index (χ1) is 5.97. The highest BCUT2D eigenvalue weighted by molar-refractivity contribution is 4.72. The van der Waals surface area contributed by atoms with Gasteiger partial charge < -0.3 is 9.84 Å². The van der Waals surface area contributed by atoms with Gasteiger partial charge in [-0.15, -0.1) is 0 Å². The molecule has 1 unspecified atom stereocenters. The molecule has 78 valence electrons. The summed E-state index contributed by atoms with van der Waals surface area (Å²) in [5, 5.41) is 9.26. The average Bonchev–Trinajstić information content (AvgIpc) is 2.33. The van der Waals surface area contributed by atoms with E-state index in [2.05, 4.69) is 25.7 Å². The van der Waals surface area contributed by atoms with Gasteiger partial charge in [0.05, 0.1) is 19.4 Å². The number of ether oxygens (including phenoxy) is 1. The second kappa shape index (κ2) is 4.40.